The van der Waals surface area contributed by atoms with Crippen LogP contribution in [0.5, 0.6) is 11.5 Å². The second kappa shape index (κ2) is 10.2. The van der Waals surface area contributed by atoms with Crippen LogP contribution in [0.3, 0.4) is 0 Å². The van der Waals surface area contributed by atoms with E-state index in [2.05, 4.69) is 10.6 Å². The van der Waals surface area contributed by atoms with E-state index in [4.69, 9.17) is 14.2 Å². The van der Waals surface area contributed by atoms with Crippen LogP contribution in [-0.2, 0) is 9.53 Å². The fourth-order valence-corrected chi connectivity index (χ4v) is 4.10. The van der Waals surface area contributed by atoms with Crippen molar-refractivity contribution in [1.82, 2.24) is 5.32 Å². The number of ether oxygens (including phenoxy) is 3. The molecule has 1 aliphatic rings. The number of amides is 2. The molecule has 9 heteroatoms. The zero-order valence-corrected chi connectivity index (χ0v) is 18.7. The minimum absolute atomic E-state index is 0.230. The zero-order valence-electron chi connectivity index (χ0n) is 17.9. The molecule has 2 aromatic carbocycles. The average Bonchev–Trinajstić information content (AvgIpc) is 3.33. The Morgan fingerprint density at radius 3 is 2.64 bits per heavy atom. The minimum Gasteiger partial charge on any atom is -0.486 e. The molecule has 2 amide bonds. The number of anilines is 1. The Balaban J connectivity index is 1.33. The first-order chi connectivity index (χ1) is 16.0. The molecule has 2 heterocycles. The summed E-state index contributed by atoms with van der Waals surface area (Å²) in [5.74, 6) is 0.0505. The molecule has 1 aliphatic heterocycles. The molecule has 0 atom stereocenters. The molecule has 0 aliphatic carbocycles. The van der Waals surface area contributed by atoms with Gasteiger partial charge in [-0.2, -0.15) is 0 Å². The predicted octanol–water partition coefficient (Wildman–Crippen LogP) is 3.73. The summed E-state index contributed by atoms with van der Waals surface area (Å²) in [6.45, 7) is 2.90. The zero-order chi connectivity index (χ0) is 23.2. The molecule has 33 heavy (non-hydrogen) atoms. The lowest BCUT2D eigenvalue weighted by atomic mass is 10.1. The van der Waals surface area contributed by atoms with E-state index < -0.39 is 18.5 Å². The summed E-state index contributed by atoms with van der Waals surface area (Å²) in [7, 11) is 0. The van der Waals surface area contributed by atoms with Crippen LogP contribution in [0.25, 0.3) is 10.4 Å². The van der Waals surface area contributed by atoms with E-state index in [0.29, 0.717) is 47.4 Å². The van der Waals surface area contributed by atoms with Crippen LogP contribution in [0.15, 0.2) is 54.6 Å². The van der Waals surface area contributed by atoms with Gasteiger partial charge in [-0.1, -0.05) is 6.07 Å². The Hall–Kier alpha value is -3.85. The number of thiophene rings is 1. The van der Waals surface area contributed by atoms with Crippen molar-refractivity contribution >= 4 is 34.8 Å². The van der Waals surface area contributed by atoms with Crippen molar-refractivity contribution in [3.63, 3.8) is 0 Å². The van der Waals surface area contributed by atoms with Gasteiger partial charge >= 0.3 is 5.97 Å². The van der Waals surface area contributed by atoms with Crippen LogP contribution in [0.1, 0.15) is 27.0 Å². The summed E-state index contributed by atoms with van der Waals surface area (Å²) in [5.41, 5.74) is 1.77. The van der Waals surface area contributed by atoms with E-state index in [1.54, 1.807) is 30.3 Å². The number of carbonyl (C=O) groups is 3. The fraction of sp³-hybridized carbons (Fsp3) is 0.208. The third-order valence-corrected chi connectivity index (χ3v) is 5.83. The lowest BCUT2D eigenvalue weighted by Gasteiger charge is -2.18. The fourth-order valence-electron chi connectivity index (χ4n) is 3.20. The Labute approximate surface area is 194 Å². The number of carbonyl (C=O) groups excluding carboxylic acids is 3. The van der Waals surface area contributed by atoms with E-state index in [1.807, 2.05) is 31.2 Å². The standard InChI is InChI=1S/C24H22N2O6S/c1-2-25-23(28)16-4-3-5-17(12-16)26-22(27)14-32-24(29)21-9-8-20(33-21)15-6-7-18-19(13-15)31-11-10-30-18/h3-9,12-13H,2,10-11,14H2,1H3,(H,25,28)(H,26,27). The molecule has 0 fully saturated rings. The number of hydrogen-bond donors (Lipinski definition) is 2. The average molecular weight is 467 g/mol. The largest absolute Gasteiger partial charge is 0.486 e. The van der Waals surface area contributed by atoms with Gasteiger partial charge in [0.15, 0.2) is 18.1 Å². The van der Waals surface area contributed by atoms with Gasteiger partial charge in [-0.3, -0.25) is 9.59 Å². The summed E-state index contributed by atoms with van der Waals surface area (Å²) < 4.78 is 16.3. The first-order valence-corrected chi connectivity index (χ1v) is 11.2. The molecule has 0 unspecified atom stereocenters. The topological polar surface area (TPSA) is 103 Å². The van der Waals surface area contributed by atoms with Crippen molar-refractivity contribution in [2.45, 2.75) is 6.92 Å². The Morgan fingerprint density at radius 1 is 1.00 bits per heavy atom. The highest BCUT2D eigenvalue weighted by atomic mass is 32.1. The van der Waals surface area contributed by atoms with Crippen molar-refractivity contribution in [1.29, 1.82) is 0 Å². The molecule has 0 saturated heterocycles. The molecule has 2 N–H and O–H groups in total. The number of fused-ring (bicyclic) bond motifs is 1. The number of esters is 1. The minimum atomic E-state index is -0.588. The van der Waals surface area contributed by atoms with Crippen LogP contribution in [0, 0.1) is 0 Å². The van der Waals surface area contributed by atoms with Crippen molar-refractivity contribution in [3.8, 4) is 21.9 Å². The maximum absolute atomic E-state index is 12.4. The Kier molecular flexibility index (Phi) is 6.89. The third-order valence-electron chi connectivity index (χ3n) is 4.71. The summed E-state index contributed by atoms with van der Waals surface area (Å²) in [5, 5.41) is 5.32. The Bertz CT molecular complexity index is 1190. The molecule has 0 saturated carbocycles. The van der Waals surface area contributed by atoms with E-state index in [9.17, 15) is 14.4 Å². The van der Waals surface area contributed by atoms with Crippen LogP contribution in [-0.4, -0.2) is 44.1 Å². The molecular weight excluding hydrogens is 444 g/mol. The normalized spacial score (nSPS) is 12.0. The summed E-state index contributed by atoms with van der Waals surface area (Å²) in [6, 6.07) is 15.6. The highest BCUT2D eigenvalue weighted by Gasteiger charge is 2.17. The number of rotatable bonds is 7. The van der Waals surface area contributed by atoms with Gasteiger partial charge < -0.3 is 24.8 Å². The monoisotopic (exact) mass is 466 g/mol. The molecule has 8 nitrogen and oxygen atoms in total. The first-order valence-electron chi connectivity index (χ1n) is 10.4. The molecule has 0 bridgehead atoms. The van der Waals surface area contributed by atoms with Gasteiger partial charge in [0.1, 0.15) is 18.1 Å². The smallest absolute Gasteiger partial charge is 0.348 e. The highest BCUT2D eigenvalue weighted by Crippen LogP contribution is 2.37. The molecule has 170 valence electrons. The van der Waals surface area contributed by atoms with Crippen LogP contribution < -0.4 is 20.1 Å². The maximum atomic E-state index is 12.4. The summed E-state index contributed by atoms with van der Waals surface area (Å²) in [4.78, 5) is 37.8. The summed E-state index contributed by atoms with van der Waals surface area (Å²) in [6.07, 6.45) is 0. The van der Waals surface area contributed by atoms with E-state index in [1.165, 1.54) is 11.3 Å². The van der Waals surface area contributed by atoms with Gasteiger partial charge in [-0.25, -0.2) is 4.79 Å². The van der Waals surface area contributed by atoms with Crippen molar-refractivity contribution in [2.24, 2.45) is 0 Å². The molecular formula is C24H22N2O6S. The predicted molar refractivity (Wildman–Crippen MR) is 124 cm³/mol. The van der Waals surface area contributed by atoms with Crippen LogP contribution >= 0.6 is 11.3 Å². The third kappa shape index (κ3) is 5.50. The molecule has 3 aromatic rings. The van der Waals surface area contributed by atoms with E-state index in [0.717, 1.165) is 10.4 Å². The summed E-state index contributed by atoms with van der Waals surface area (Å²) >= 11 is 1.26. The van der Waals surface area contributed by atoms with Gasteiger partial charge in [-0.15, -0.1) is 11.3 Å². The van der Waals surface area contributed by atoms with Crippen molar-refractivity contribution in [3.05, 3.63) is 65.0 Å². The first kappa shape index (κ1) is 22.3. The van der Waals surface area contributed by atoms with Gasteiger partial charge in [0, 0.05) is 22.7 Å². The van der Waals surface area contributed by atoms with Gasteiger partial charge in [-0.05, 0) is 61.0 Å². The quantitative estimate of drug-likeness (QED) is 0.515. The maximum Gasteiger partial charge on any atom is 0.348 e. The van der Waals surface area contributed by atoms with Gasteiger partial charge in [0.25, 0.3) is 11.8 Å². The second-order valence-corrected chi connectivity index (χ2v) is 8.17. The molecule has 0 radical (unpaired) electrons. The second-order valence-electron chi connectivity index (χ2n) is 7.09. The van der Waals surface area contributed by atoms with Crippen LogP contribution in [0.4, 0.5) is 5.69 Å². The van der Waals surface area contributed by atoms with Gasteiger partial charge in [0.2, 0.25) is 0 Å². The van der Waals surface area contributed by atoms with Crippen molar-refractivity contribution in [2.75, 3.05) is 31.7 Å². The van der Waals surface area contributed by atoms with Gasteiger partial charge in [0.05, 0.1) is 0 Å². The Morgan fingerprint density at radius 2 is 1.82 bits per heavy atom. The lowest BCUT2D eigenvalue weighted by molar-refractivity contribution is -0.119. The number of hydrogen-bond acceptors (Lipinski definition) is 7. The van der Waals surface area contributed by atoms with E-state index >= 15 is 0 Å². The lowest BCUT2D eigenvalue weighted by Crippen LogP contribution is -2.23. The molecule has 4 rings (SSSR count). The van der Waals surface area contributed by atoms with E-state index in [-0.39, 0.29) is 5.91 Å². The molecule has 1 aromatic heterocycles. The SMILES string of the molecule is CCNC(=O)c1cccc(NC(=O)COC(=O)c2ccc(-c3ccc4c(c3)OCCO4)s2)c1. The number of benzene rings is 2. The molecule has 0 spiro atoms. The number of nitrogens with one attached hydrogen (secondary N) is 2. The van der Waals surface area contributed by atoms with Crippen molar-refractivity contribution < 1.29 is 28.6 Å². The highest BCUT2D eigenvalue weighted by molar-refractivity contribution is 7.17. The van der Waals surface area contributed by atoms with Crippen LogP contribution in [0.2, 0.25) is 0 Å².